The summed E-state index contributed by atoms with van der Waals surface area (Å²) in [6, 6.07) is 5.79. The number of nitriles is 1. The quantitative estimate of drug-likeness (QED) is 0.559. The molecule has 0 amide bonds. The molecule has 1 heterocycles. The van der Waals surface area contributed by atoms with Crippen LogP contribution in [0.3, 0.4) is 0 Å². The summed E-state index contributed by atoms with van der Waals surface area (Å²) in [6.45, 7) is 0. The molecule has 1 aliphatic carbocycles. The van der Waals surface area contributed by atoms with Crippen molar-refractivity contribution in [3.8, 4) is 6.07 Å². The number of allylic oxidation sites excluding steroid dienone is 1. The van der Waals surface area contributed by atoms with Crippen LogP contribution in [0.25, 0.3) is 6.08 Å². The summed E-state index contributed by atoms with van der Waals surface area (Å²) in [5.74, 6) is 0.141. The number of hydrogen-bond acceptors (Lipinski definition) is 3. The van der Waals surface area contributed by atoms with E-state index in [1.54, 1.807) is 6.08 Å². The van der Waals surface area contributed by atoms with Crippen LogP contribution >= 0.6 is 11.3 Å². The van der Waals surface area contributed by atoms with Gasteiger partial charge in [-0.25, -0.2) is 0 Å². The SMILES string of the molecule is N#C/C(=C\c1cccs1)C(=O)C1CC1. The van der Waals surface area contributed by atoms with Crippen LogP contribution in [0.4, 0.5) is 0 Å². The zero-order chi connectivity index (χ0) is 9.97. The monoisotopic (exact) mass is 203 g/mol. The predicted octanol–water partition coefficient (Wildman–Crippen LogP) is 2.63. The maximum atomic E-state index is 11.6. The highest BCUT2D eigenvalue weighted by Crippen LogP contribution is 2.32. The van der Waals surface area contributed by atoms with E-state index in [-0.39, 0.29) is 11.7 Å². The van der Waals surface area contributed by atoms with Crippen molar-refractivity contribution in [1.29, 1.82) is 5.26 Å². The zero-order valence-electron chi connectivity index (χ0n) is 7.56. The average molecular weight is 203 g/mol. The second kappa shape index (κ2) is 3.77. The van der Waals surface area contributed by atoms with Crippen molar-refractivity contribution in [3.05, 3.63) is 28.0 Å². The van der Waals surface area contributed by atoms with Crippen LogP contribution in [0.2, 0.25) is 0 Å². The first-order valence-corrected chi connectivity index (χ1v) is 5.39. The van der Waals surface area contributed by atoms with Crippen molar-refractivity contribution in [2.75, 3.05) is 0 Å². The van der Waals surface area contributed by atoms with E-state index in [2.05, 4.69) is 0 Å². The van der Waals surface area contributed by atoms with Gasteiger partial charge in [-0.2, -0.15) is 5.26 Å². The van der Waals surface area contributed by atoms with Gasteiger partial charge in [0, 0.05) is 10.8 Å². The van der Waals surface area contributed by atoms with Crippen molar-refractivity contribution in [2.45, 2.75) is 12.8 Å². The summed E-state index contributed by atoms with van der Waals surface area (Å²) in [5.41, 5.74) is 0.301. The zero-order valence-corrected chi connectivity index (χ0v) is 8.38. The summed E-state index contributed by atoms with van der Waals surface area (Å²) in [5, 5.41) is 10.8. The number of nitrogens with zero attached hydrogens (tertiary/aromatic N) is 1. The molecule has 0 aromatic carbocycles. The molecule has 0 aliphatic heterocycles. The van der Waals surface area contributed by atoms with Crippen LogP contribution in [0.1, 0.15) is 17.7 Å². The molecule has 1 aliphatic rings. The van der Waals surface area contributed by atoms with E-state index < -0.39 is 0 Å². The van der Waals surface area contributed by atoms with E-state index in [9.17, 15) is 4.79 Å². The van der Waals surface area contributed by atoms with Crippen molar-refractivity contribution >= 4 is 23.2 Å². The lowest BCUT2D eigenvalue weighted by Crippen LogP contribution is -2.02. The molecule has 2 rings (SSSR count). The van der Waals surface area contributed by atoms with Crippen LogP contribution < -0.4 is 0 Å². The van der Waals surface area contributed by atoms with Gasteiger partial charge in [-0.1, -0.05) is 6.07 Å². The largest absolute Gasteiger partial charge is 0.293 e. The van der Waals surface area contributed by atoms with E-state index in [4.69, 9.17) is 5.26 Å². The number of ketones is 1. The van der Waals surface area contributed by atoms with Crippen molar-refractivity contribution in [1.82, 2.24) is 0 Å². The second-order valence-electron chi connectivity index (χ2n) is 3.32. The number of carbonyl (C=O) groups excluding carboxylic acids is 1. The Morgan fingerprint density at radius 3 is 2.93 bits per heavy atom. The number of Topliss-reactive ketones (excluding diaryl/α,β-unsaturated/α-hetero) is 1. The van der Waals surface area contributed by atoms with Crippen LogP contribution in [-0.2, 0) is 4.79 Å². The molecule has 0 spiro atoms. The molecule has 3 heteroatoms. The van der Waals surface area contributed by atoms with Crippen LogP contribution in [0.15, 0.2) is 23.1 Å². The van der Waals surface area contributed by atoms with Gasteiger partial charge in [0.05, 0.1) is 5.57 Å². The lowest BCUT2D eigenvalue weighted by molar-refractivity contribution is -0.116. The summed E-state index contributed by atoms with van der Waals surface area (Å²) in [4.78, 5) is 12.5. The van der Waals surface area contributed by atoms with Gasteiger partial charge in [0.15, 0.2) is 5.78 Å². The first-order chi connectivity index (χ1) is 6.81. The first kappa shape index (κ1) is 9.17. The molecule has 1 aromatic rings. The van der Waals surface area contributed by atoms with E-state index in [0.717, 1.165) is 17.7 Å². The fraction of sp³-hybridized carbons (Fsp3) is 0.273. The minimum Gasteiger partial charge on any atom is -0.293 e. The Morgan fingerprint density at radius 1 is 1.64 bits per heavy atom. The molecule has 0 saturated heterocycles. The molecule has 0 radical (unpaired) electrons. The van der Waals surface area contributed by atoms with Crippen molar-refractivity contribution in [3.63, 3.8) is 0 Å². The minimum absolute atomic E-state index is 0.0147. The molecule has 1 aromatic heterocycles. The van der Waals surface area contributed by atoms with Crippen LogP contribution in [0, 0.1) is 17.2 Å². The van der Waals surface area contributed by atoms with E-state index in [1.807, 2.05) is 23.6 Å². The number of carbonyl (C=O) groups is 1. The Kier molecular flexibility index (Phi) is 2.47. The van der Waals surface area contributed by atoms with Crippen molar-refractivity contribution in [2.24, 2.45) is 5.92 Å². The normalized spacial score (nSPS) is 16.4. The van der Waals surface area contributed by atoms with Gasteiger partial charge in [-0.15, -0.1) is 11.3 Å². The molecular formula is C11H9NOS. The Balaban J connectivity index is 2.21. The second-order valence-corrected chi connectivity index (χ2v) is 4.30. The highest BCUT2D eigenvalue weighted by molar-refractivity contribution is 7.10. The molecule has 1 fully saturated rings. The Hall–Kier alpha value is -1.40. The molecular weight excluding hydrogens is 194 g/mol. The minimum atomic E-state index is 0.0147. The topological polar surface area (TPSA) is 40.9 Å². The third-order valence-corrected chi connectivity index (χ3v) is 2.98. The van der Waals surface area contributed by atoms with Crippen LogP contribution in [-0.4, -0.2) is 5.78 Å². The third-order valence-electron chi connectivity index (χ3n) is 2.16. The summed E-state index contributed by atoms with van der Waals surface area (Å²) in [6.07, 6.45) is 3.58. The maximum absolute atomic E-state index is 11.6. The molecule has 0 bridgehead atoms. The lowest BCUT2D eigenvalue weighted by Gasteiger charge is -1.93. The van der Waals surface area contributed by atoms with Gasteiger partial charge in [0.25, 0.3) is 0 Å². The molecule has 14 heavy (non-hydrogen) atoms. The van der Waals surface area contributed by atoms with E-state index in [0.29, 0.717) is 5.57 Å². The highest BCUT2D eigenvalue weighted by Gasteiger charge is 2.31. The summed E-state index contributed by atoms with van der Waals surface area (Å²) >= 11 is 1.54. The molecule has 0 N–H and O–H groups in total. The smallest absolute Gasteiger partial charge is 0.176 e. The Labute approximate surface area is 86.5 Å². The molecule has 70 valence electrons. The van der Waals surface area contributed by atoms with Gasteiger partial charge >= 0.3 is 0 Å². The van der Waals surface area contributed by atoms with E-state index in [1.165, 1.54) is 11.3 Å². The van der Waals surface area contributed by atoms with Gasteiger partial charge < -0.3 is 0 Å². The maximum Gasteiger partial charge on any atom is 0.176 e. The van der Waals surface area contributed by atoms with Gasteiger partial charge in [0.2, 0.25) is 0 Å². The highest BCUT2D eigenvalue weighted by atomic mass is 32.1. The number of thiophene rings is 1. The fourth-order valence-electron chi connectivity index (χ4n) is 1.24. The number of hydrogen-bond donors (Lipinski definition) is 0. The van der Waals surface area contributed by atoms with Gasteiger partial charge in [0.1, 0.15) is 6.07 Å². The van der Waals surface area contributed by atoms with Crippen LogP contribution in [0.5, 0.6) is 0 Å². The molecule has 0 unspecified atom stereocenters. The van der Waals surface area contributed by atoms with Gasteiger partial charge in [-0.3, -0.25) is 4.79 Å². The molecule has 1 saturated carbocycles. The molecule has 0 atom stereocenters. The summed E-state index contributed by atoms with van der Waals surface area (Å²) < 4.78 is 0. The van der Waals surface area contributed by atoms with Crippen molar-refractivity contribution < 1.29 is 4.79 Å². The predicted molar refractivity (Wildman–Crippen MR) is 55.6 cm³/mol. The number of rotatable bonds is 3. The fourth-order valence-corrected chi connectivity index (χ4v) is 1.90. The average Bonchev–Trinajstić information content (AvgIpc) is 2.93. The summed E-state index contributed by atoms with van der Waals surface area (Å²) in [7, 11) is 0. The first-order valence-electron chi connectivity index (χ1n) is 4.51. The molecule has 2 nitrogen and oxygen atoms in total. The third kappa shape index (κ3) is 1.91. The van der Waals surface area contributed by atoms with E-state index >= 15 is 0 Å². The standard InChI is InChI=1S/C11H9NOS/c12-7-9(11(13)8-3-4-8)6-10-2-1-5-14-10/h1-2,5-6,8H,3-4H2/b9-6+. The van der Waals surface area contributed by atoms with Gasteiger partial charge in [-0.05, 0) is 30.4 Å². The Bertz CT molecular complexity index is 407. The Morgan fingerprint density at radius 2 is 2.43 bits per heavy atom. The lowest BCUT2D eigenvalue weighted by atomic mass is 10.1.